The van der Waals surface area contributed by atoms with Crippen molar-refractivity contribution < 1.29 is 13.2 Å². The zero-order valence-electron chi connectivity index (χ0n) is 17.3. The summed E-state index contributed by atoms with van der Waals surface area (Å²) < 4.78 is 25.4. The SMILES string of the molecule is CCN(Cc1ccc(CN(C)C)cc1)C(=O)c1ccccc1S(=O)(=O)C(C)C. The highest BCUT2D eigenvalue weighted by Crippen LogP contribution is 2.22. The van der Waals surface area contributed by atoms with Crippen LogP contribution in [0.15, 0.2) is 53.4 Å². The second-order valence-corrected chi connectivity index (χ2v) is 9.94. The molecule has 6 heteroatoms. The molecule has 0 unspecified atom stereocenters. The average molecular weight is 403 g/mol. The molecule has 2 rings (SSSR count). The van der Waals surface area contributed by atoms with E-state index in [1.165, 1.54) is 11.6 Å². The van der Waals surface area contributed by atoms with E-state index in [0.717, 1.165) is 12.1 Å². The standard InChI is InChI=1S/C22H30N2O3S/c1-6-24(16-19-13-11-18(12-14-19)15-23(4)5)22(25)20-9-7-8-10-21(20)28(26,27)17(2)3/h7-14,17H,6,15-16H2,1-5H3. The molecule has 0 saturated heterocycles. The summed E-state index contributed by atoms with van der Waals surface area (Å²) >= 11 is 0. The Morgan fingerprint density at radius 2 is 1.46 bits per heavy atom. The molecule has 0 aliphatic heterocycles. The van der Waals surface area contributed by atoms with Gasteiger partial charge in [-0.2, -0.15) is 0 Å². The van der Waals surface area contributed by atoms with Crippen molar-refractivity contribution >= 4 is 15.7 Å². The monoisotopic (exact) mass is 402 g/mol. The molecule has 0 aliphatic rings. The number of hydrogen-bond donors (Lipinski definition) is 0. The number of nitrogens with zero attached hydrogens (tertiary/aromatic N) is 2. The third-order valence-corrected chi connectivity index (χ3v) is 6.82. The van der Waals surface area contributed by atoms with E-state index in [-0.39, 0.29) is 16.4 Å². The van der Waals surface area contributed by atoms with Crippen LogP contribution in [0, 0.1) is 0 Å². The fourth-order valence-corrected chi connectivity index (χ4v) is 4.22. The molecule has 0 aromatic heterocycles. The highest BCUT2D eigenvalue weighted by molar-refractivity contribution is 7.92. The van der Waals surface area contributed by atoms with Crippen LogP contribution in [0.1, 0.15) is 42.3 Å². The molecule has 0 radical (unpaired) electrons. The normalized spacial score (nSPS) is 11.8. The van der Waals surface area contributed by atoms with Crippen molar-refractivity contribution in [3.05, 3.63) is 65.2 Å². The lowest BCUT2D eigenvalue weighted by Crippen LogP contribution is -2.32. The molecule has 2 aromatic rings. The van der Waals surface area contributed by atoms with Gasteiger partial charge in [0.05, 0.1) is 15.7 Å². The Bertz CT molecular complexity index is 904. The largest absolute Gasteiger partial charge is 0.335 e. The van der Waals surface area contributed by atoms with Crippen molar-refractivity contribution in [1.82, 2.24) is 9.80 Å². The maximum atomic E-state index is 13.1. The molecule has 0 spiro atoms. The zero-order chi connectivity index (χ0) is 20.9. The quantitative estimate of drug-likeness (QED) is 0.677. The Kier molecular flexibility index (Phi) is 7.38. The van der Waals surface area contributed by atoms with Crippen molar-refractivity contribution in [2.45, 2.75) is 44.0 Å². The van der Waals surface area contributed by atoms with Crippen molar-refractivity contribution in [2.75, 3.05) is 20.6 Å². The first-order chi connectivity index (χ1) is 13.2. The number of rotatable bonds is 8. The summed E-state index contributed by atoms with van der Waals surface area (Å²) in [4.78, 5) is 17.0. The molecule has 152 valence electrons. The molecule has 0 N–H and O–H groups in total. The lowest BCUT2D eigenvalue weighted by atomic mass is 10.1. The number of carbonyl (C=O) groups excluding carboxylic acids is 1. The molecule has 0 aliphatic carbocycles. The summed E-state index contributed by atoms with van der Waals surface area (Å²) in [5.41, 5.74) is 2.46. The summed E-state index contributed by atoms with van der Waals surface area (Å²) in [6.45, 7) is 6.95. The molecule has 5 nitrogen and oxygen atoms in total. The number of hydrogen-bond acceptors (Lipinski definition) is 4. The van der Waals surface area contributed by atoms with E-state index < -0.39 is 15.1 Å². The van der Waals surface area contributed by atoms with E-state index in [2.05, 4.69) is 17.0 Å². The second-order valence-electron chi connectivity index (χ2n) is 7.46. The second kappa shape index (κ2) is 9.34. The molecular formula is C22H30N2O3S. The summed E-state index contributed by atoms with van der Waals surface area (Å²) in [6.07, 6.45) is 0. The number of carbonyl (C=O) groups is 1. The summed E-state index contributed by atoms with van der Waals surface area (Å²) in [6, 6.07) is 14.6. The van der Waals surface area contributed by atoms with E-state index >= 15 is 0 Å². The van der Waals surface area contributed by atoms with Gasteiger partial charge in [-0.1, -0.05) is 36.4 Å². The minimum atomic E-state index is -3.54. The Morgan fingerprint density at radius 3 is 1.96 bits per heavy atom. The van der Waals surface area contributed by atoms with Gasteiger partial charge in [0.25, 0.3) is 5.91 Å². The first-order valence-electron chi connectivity index (χ1n) is 9.51. The van der Waals surface area contributed by atoms with Crippen LogP contribution in [0.3, 0.4) is 0 Å². The van der Waals surface area contributed by atoms with E-state index in [9.17, 15) is 13.2 Å². The number of amides is 1. The van der Waals surface area contributed by atoms with E-state index in [1.807, 2.05) is 33.2 Å². The Morgan fingerprint density at radius 1 is 0.929 bits per heavy atom. The molecule has 0 fully saturated rings. The summed E-state index contributed by atoms with van der Waals surface area (Å²) in [5, 5.41) is -0.583. The molecule has 0 bridgehead atoms. The summed E-state index contributed by atoms with van der Waals surface area (Å²) in [5.74, 6) is -0.264. The molecular weight excluding hydrogens is 372 g/mol. The Labute approximate surface area is 168 Å². The van der Waals surface area contributed by atoms with Gasteiger partial charge >= 0.3 is 0 Å². The fraction of sp³-hybridized carbons (Fsp3) is 0.409. The van der Waals surface area contributed by atoms with E-state index in [4.69, 9.17) is 0 Å². The fourth-order valence-electron chi connectivity index (χ4n) is 2.98. The van der Waals surface area contributed by atoms with Gasteiger partial charge in [-0.15, -0.1) is 0 Å². The third kappa shape index (κ3) is 5.20. The van der Waals surface area contributed by atoms with Crippen LogP contribution in [-0.2, 0) is 22.9 Å². The minimum Gasteiger partial charge on any atom is -0.335 e. The molecule has 0 heterocycles. The molecule has 2 aromatic carbocycles. The number of sulfone groups is 1. The molecule has 1 amide bonds. The van der Waals surface area contributed by atoms with Crippen LogP contribution in [0.25, 0.3) is 0 Å². The van der Waals surface area contributed by atoms with Crippen molar-refractivity contribution in [2.24, 2.45) is 0 Å². The van der Waals surface area contributed by atoms with Crippen LogP contribution < -0.4 is 0 Å². The van der Waals surface area contributed by atoms with Crippen LogP contribution in [-0.4, -0.2) is 50.0 Å². The number of benzene rings is 2. The van der Waals surface area contributed by atoms with Gasteiger partial charge in [-0.05, 0) is 58.1 Å². The van der Waals surface area contributed by atoms with Gasteiger partial charge in [0.15, 0.2) is 9.84 Å². The maximum absolute atomic E-state index is 13.1. The van der Waals surface area contributed by atoms with Gasteiger partial charge in [-0.25, -0.2) is 8.42 Å². The highest BCUT2D eigenvalue weighted by atomic mass is 32.2. The summed E-state index contributed by atoms with van der Waals surface area (Å²) in [7, 11) is 0.507. The van der Waals surface area contributed by atoms with Gasteiger partial charge in [0, 0.05) is 19.6 Å². The predicted molar refractivity (Wildman–Crippen MR) is 113 cm³/mol. The first-order valence-corrected chi connectivity index (χ1v) is 11.1. The van der Waals surface area contributed by atoms with E-state index in [0.29, 0.717) is 13.1 Å². The minimum absolute atomic E-state index is 0.106. The topological polar surface area (TPSA) is 57.7 Å². The smallest absolute Gasteiger partial charge is 0.255 e. The Hall–Kier alpha value is -2.18. The van der Waals surface area contributed by atoms with Crippen molar-refractivity contribution in [3.63, 3.8) is 0 Å². The van der Waals surface area contributed by atoms with Gasteiger partial charge in [0.2, 0.25) is 0 Å². The van der Waals surface area contributed by atoms with E-state index in [1.54, 1.807) is 36.9 Å². The molecule has 0 atom stereocenters. The van der Waals surface area contributed by atoms with Crippen molar-refractivity contribution in [3.8, 4) is 0 Å². The predicted octanol–water partition coefficient (Wildman–Crippen LogP) is 3.59. The van der Waals surface area contributed by atoms with Crippen LogP contribution in [0.2, 0.25) is 0 Å². The van der Waals surface area contributed by atoms with Gasteiger partial charge in [0.1, 0.15) is 0 Å². The lowest BCUT2D eigenvalue weighted by Gasteiger charge is -2.23. The highest BCUT2D eigenvalue weighted by Gasteiger charge is 2.27. The first kappa shape index (κ1) is 22.1. The van der Waals surface area contributed by atoms with Gasteiger partial charge < -0.3 is 9.80 Å². The van der Waals surface area contributed by atoms with Gasteiger partial charge in [-0.3, -0.25) is 4.79 Å². The van der Waals surface area contributed by atoms with Crippen LogP contribution in [0.4, 0.5) is 0 Å². The van der Waals surface area contributed by atoms with Crippen molar-refractivity contribution in [1.29, 1.82) is 0 Å². The maximum Gasteiger partial charge on any atom is 0.255 e. The average Bonchev–Trinajstić information content (AvgIpc) is 2.66. The van der Waals surface area contributed by atoms with Crippen LogP contribution >= 0.6 is 0 Å². The zero-order valence-corrected chi connectivity index (χ0v) is 18.2. The lowest BCUT2D eigenvalue weighted by molar-refractivity contribution is 0.0748. The molecule has 28 heavy (non-hydrogen) atoms. The third-order valence-electron chi connectivity index (χ3n) is 4.61. The van der Waals surface area contributed by atoms with Crippen LogP contribution in [0.5, 0.6) is 0 Å². The molecule has 0 saturated carbocycles. The Balaban J connectivity index is 2.27.